The maximum Gasteiger partial charge on any atom is 0.145 e. The van der Waals surface area contributed by atoms with Gasteiger partial charge in [0.15, 0.2) is 0 Å². The van der Waals surface area contributed by atoms with E-state index in [4.69, 9.17) is 4.42 Å². The van der Waals surface area contributed by atoms with Gasteiger partial charge in [-0.15, -0.1) is 11.3 Å². The molecule has 3 heteroatoms. The van der Waals surface area contributed by atoms with Gasteiger partial charge in [0.05, 0.1) is 16.8 Å². The first-order chi connectivity index (χ1) is 31.2. The van der Waals surface area contributed by atoms with E-state index in [1.807, 2.05) is 11.3 Å². The third-order valence-electron chi connectivity index (χ3n) is 12.3. The van der Waals surface area contributed by atoms with Crippen molar-refractivity contribution in [3.05, 3.63) is 237 Å². The Balaban J connectivity index is 1.08. The molecule has 2 aromatic heterocycles. The predicted octanol–water partition coefficient (Wildman–Crippen LogP) is 17.8. The smallest absolute Gasteiger partial charge is 0.145 e. The summed E-state index contributed by atoms with van der Waals surface area (Å²) in [6.07, 6.45) is 0. The predicted molar refractivity (Wildman–Crippen MR) is 268 cm³/mol. The lowest BCUT2D eigenvalue weighted by molar-refractivity contribution is 0.670. The molecule has 0 amide bonds. The molecular formula is C60H39NOS. The highest BCUT2D eigenvalue weighted by Gasteiger charge is 2.25. The number of furan rings is 1. The van der Waals surface area contributed by atoms with Crippen molar-refractivity contribution in [3.63, 3.8) is 0 Å². The van der Waals surface area contributed by atoms with Gasteiger partial charge in [0.25, 0.3) is 0 Å². The molecule has 63 heavy (non-hydrogen) atoms. The number of benzene rings is 10. The molecule has 0 atom stereocenters. The molecule has 0 unspecified atom stereocenters. The summed E-state index contributed by atoms with van der Waals surface area (Å²) >= 11 is 1.85. The fourth-order valence-electron chi connectivity index (χ4n) is 9.20. The van der Waals surface area contributed by atoms with E-state index >= 15 is 0 Å². The highest BCUT2D eigenvalue weighted by Crippen LogP contribution is 2.50. The van der Waals surface area contributed by atoms with E-state index in [0.29, 0.717) is 0 Å². The highest BCUT2D eigenvalue weighted by molar-refractivity contribution is 7.26. The van der Waals surface area contributed by atoms with Crippen molar-refractivity contribution < 1.29 is 4.42 Å². The fraction of sp³-hybridized carbons (Fsp3) is 0. The maximum absolute atomic E-state index is 7.05. The molecule has 0 saturated heterocycles. The van der Waals surface area contributed by atoms with Crippen LogP contribution in [0.3, 0.4) is 0 Å². The molecule has 12 aromatic rings. The van der Waals surface area contributed by atoms with Gasteiger partial charge in [-0.05, 0) is 105 Å². The number of fused-ring (bicyclic) bond motifs is 6. The standard InChI is InChI=1S/C60H39NOS/c1-5-14-40(15-6-1)43-24-26-44(27-25-43)45-28-32-49(33-29-45)61(53-22-13-23-56-58(53)52-35-31-48(39-57(52)63-56)42-18-9-3-10-19-42)54-37-36-50(46-20-11-4-12-21-46)60-59(54)51-34-30-47(38-55(51)62-60)41-16-7-2-8-17-41/h1-39H. The Morgan fingerprint density at radius 3 is 1.40 bits per heavy atom. The second kappa shape index (κ2) is 15.5. The third kappa shape index (κ3) is 6.58. The Labute approximate surface area is 370 Å². The van der Waals surface area contributed by atoms with Crippen molar-refractivity contribution in [3.8, 4) is 55.6 Å². The summed E-state index contributed by atoms with van der Waals surface area (Å²) in [6, 6.07) is 85.2. The molecule has 0 aliphatic carbocycles. The third-order valence-corrected chi connectivity index (χ3v) is 13.4. The molecule has 2 heterocycles. The van der Waals surface area contributed by atoms with Crippen LogP contribution in [0, 0.1) is 0 Å². The zero-order valence-electron chi connectivity index (χ0n) is 34.3. The number of anilines is 3. The Morgan fingerprint density at radius 2 is 0.794 bits per heavy atom. The Morgan fingerprint density at radius 1 is 0.317 bits per heavy atom. The first kappa shape index (κ1) is 36.8. The molecule has 12 rings (SSSR count). The lowest BCUT2D eigenvalue weighted by Crippen LogP contribution is -2.11. The summed E-state index contributed by atoms with van der Waals surface area (Å²) in [5.41, 5.74) is 16.6. The minimum absolute atomic E-state index is 0.859. The van der Waals surface area contributed by atoms with E-state index in [-0.39, 0.29) is 0 Å². The lowest BCUT2D eigenvalue weighted by Gasteiger charge is -2.28. The first-order valence-electron chi connectivity index (χ1n) is 21.4. The summed E-state index contributed by atoms with van der Waals surface area (Å²) in [7, 11) is 0. The van der Waals surface area contributed by atoms with Gasteiger partial charge < -0.3 is 9.32 Å². The van der Waals surface area contributed by atoms with Gasteiger partial charge in [0.1, 0.15) is 11.2 Å². The van der Waals surface area contributed by atoms with Crippen molar-refractivity contribution in [1.29, 1.82) is 0 Å². The highest BCUT2D eigenvalue weighted by atomic mass is 32.1. The van der Waals surface area contributed by atoms with Crippen molar-refractivity contribution in [2.45, 2.75) is 0 Å². The molecule has 10 aromatic carbocycles. The SMILES string of the molecule is c1ccc(-c2ccc(-c3ccc(N(c4cccc5sc6cc(-c7ccccc7)ccc6c45)c4ccc(-c5ccccc5)c5oc6cc(-c7ccccc7)ccc6c45)cc3)cc2)cc1. The van der Waals surface area contributed by atoms with Crippen LogP contribution in [-0.4, -0.2) is 0 Å². The van der Waals surface area contributed by atoms with Gasteiger partial charge in [0.2, 0.25) is 0 Å². The van der Waals surface area contributed by atoms with Crippen LogP contribution in [0.4, 0.5) is 17.1 Å². The van der Waals surface area contributed by atoms with Crippen LogP contribution in [0.25, 0.3) is 97.7 Å². The summed E-state index contributed by atoms with van der Waals surface area (Å²) in [5, 5.41) is 4.63. The van der Waals surface area contributed by atoms with Crippen LogP contribution >= 0.6 is 11.3 Å². The summed E-state index contributed by atoms with van der Waals surface area (Å²) in [6.45, 7) is 0. The molecule has 0 fully saturated rings. The number of thiophene rings is 1. The van der Waals surface area contributed by atoms with Crippen LogP contribution in [0.1, 0.15) is 0 Å². The Bertz CT molecular complexity index is 3570. The van der Waals surface area contributed by atoms with Gasteiger partial charge in [0, 0.05) is 36.8 Å². The molecule has 0 spiro atoms. The normalized spacial score (nSPS) is 11.5. The monoisotopic (exact) mass is 821 g/mol. The maximum atomic E-state index is 7.05. The van der Waals surface area contributed by atoms with E-state index in [0.717, 1.165) is 66.8 Å². The summed E-state index contributed by atoms with van der Waals surface area (Å²) < 4.78 is 9.56. The quantitative estimate of drug-likeness (QED) is 0.152. The topological polar surface area (TPSA) is 16.4 Å². The fourth-order valence-corrected chi connectivity index (χ4v) is 10.4. The van der Waals surface area contributed by atoms with E-state index in [2.05, 4.69) is 241 Å². The van der Waals surface area contributed by atoms with Gasteiger partial charge in [-0.3, -0.25) is 0 Å². The van der Waals surface area contributed by atoms with Gasteiger partial charge in [-0.2, -0.15) is 0 Å². The minimum Gasteiger partial charge on any atom is -0.455 e. The molecule has 0 radical (unpaired) electrons. The van der Waals surface area contributed by atoms with E-state index in [1.165, 1.54) is 48.0 Å². The van der Waals surface area contributed by atoms with Crippen molar-refractivity contribution in [2.24, 2.45) is 0 Å². The van der Waals surface area contributed by atoms with E-state index in [9.17, 15) is 0 Å². The van der Waals surface area contributed by atoms with E-state index < -0.39 is 0 Å². The van der Waals surface area contributed by atoms with Gasteiger partial charge in [-0.1, -0.05) is 182 Å². The zero-order chi connectivity index (χ0) is 41.7. The molecule has 296 valence electrons. The summed E-state index contributed by atoms with van der Waals surface area (Å²) in [5.74, 6) is 0. The molecule has 0 aliphatic heterocycles. The van der Waals surface area contributed by atoms with Crippen molar-refractivity contribution in [1.82, 2.24) is 0 Å². The lowest BCUT2D eigenvalue weighted by atomic mass is 9.97. The number of hydrogen-bond acceptors (Lipinski definition) is 3. The van der Waals surface area contributed by atoms with Crippen molar-refractivity contribution in [2.75, 3.05) is 4.90 Å². The average molecular weight is 822 g/mol. The zero-order valence-corrected chi connectivity index (χ0v) is 35.1. The van der Waals surface area contributed by atoms with Crippen LogP contribution in [-0.2, 0) is 0 Å². The van der Waals surface area contributed by atoms with Gasteiger partial charge in [-0.25, -0.2) is 0 Å². The minimum atomic E-state index is 0.859. The second-order valence-electron chi connectivity index (χ2n) is 16.0. The summed E-state index contributed by atoms with van der Waals surface area (Å²) in [4.78, 5) is 2.46. The Hall–Kier alpha value is -7.98. The first-order valence-corrected chi connectivity index (χ1v) is 22.2. The van der Waals surface area contributed by atoms with Crippen LogP contribution in [0.15, 0.2) is 241 Å². The molecule has 0 saturated carbocycles. The molecule has 2 nitrogen and oxygen atoms in total. The Kier molecular flexibility index (Phi) is 9.06. The molecule has 0 bridgehead atoms. The van der Waals surface area contributed by atoms with E-state index in [1.54, 1.807) is 0 Å². The van der Waals surface area contributed by atoms with Gasteiger partial charge >= 0.3 is 0 Å². The molecular weight excluding hydrogens is 783 g/mol. The van der Waals surface area contributed by atoms with Crippen LogP contribution in [0.2, 0.25) is 0 Å². The molecule has 0 aliphatic rings. The average Bonchev–Trinajstić information content (AvgIpc) is 3.94. The number of hydrogen-bond donors (Lipinski definition) is 0. The molecule has 0 N–H and O–H groups in total. The number of nitrogens with zero attached hydrogens (tertiary/aromatic N) is 1. The second-order valence-corrected chi connectivity index (χ2v) is 17.1. The van der Waals surface area contributed by atoms with Crippen LogP contribution in [0.5, 0.6) is 0 Å². The van der Waals surface area contributed by atoms with Crippen molar-refractivity contribution >= 4 is 70.5 Å². The van der Waals surface area contributed by atoms with Crippen LogP contribution < -0.4 is 4.90 Å². The number of rotatable bonds is 8. The largest absolute Gasteiger partial charge is 0.455 e.